The summed E-state index contributed by atoms with van der Waals surface area (Å²) in [7, 11) is 0. The first-order valence-corrected chi connectivity index (χ1v) is 12.8. The Balaban J connectivity index is 1.33. The molecule has 1 N–H and O–H groups in total. The minimum absolute atomic E-state index is 0.00205. The Morgan fingerprint density at radius 1 is 1.00 bits per heavy atom. The van der Waals surface area contributed by atoms with E-state index >= 15 is 0 Å². The average molecular weight is 460 g/mol. The van der Waals surface area contributed by atoms with Gasteiger partial charge in [0, 0.05) is 43.2 Å². The fourth-order valence-corrected chi connectivity index (χ4v) is 6.58. The lowest BCUT2D eigenvalue weighted by atomic mass is 9.69. The molecule has 0 unspecified atom stereocenters. The molecule has 1 aromatic carbocycles. The summed E-state index contributed by atoms with van der Waals surface area (Å²) in [4.78, 5) is 30.3. The number of amides is 2. The lowest BCUT2D eigenvalue weighted by Crippen LogP contribution is -2.65. The molecule has 4 aliphatic rings. The fourth-order valence-electron chi connectivity index (χ4n) is 6.58. The number of nitrogens with zero attached hydrogens (tertiary/aromatic N) is 2. The molecule has 0 bridgehead atoms. The molecule has 1 aliphatic carbocycles. The number of likely N-dealkylation sites (tertiary alicyclic amines) is 1. The van der Waals surface area contributed by atoms with E-state index in [1.807, 2.05) is 4.90 Å². The van der Waals surface area contributed by atoms with Crippen LogP contribution in [0.5, 0.6) is 0 Å². The number of carbonyl (C=O) groups is 2. The molecule has 33 heavy (non-hydrogen) atoms. The van der Waals surface area contributed by atoms with Crippen molar-refractivity contribution >= 4 is 11.8 Å². The largest absolute Gasteiger partial charge is 0.356 e. The van der Waals surface area contributed by atoms with E-state index < -0.39 is 11.6 Å². The highest BCUT2D eigenvalue weighted by Crippen LogP contribution is 2.43. The molecule has 3 saturated heterocycles. The van der Waals surface area contributed by atoms with Crippen LogP contribution in [0.3, 0.4) is 0 Å². The lowest BCUT2D eigenvalue weighted by molar-refractivity contribution is -0.121. The Kier molecular flexibility index (Phi) is 6.68. The third kappa shape index (κ3) is 5.08. The quantitative estimate of drug-likeness (QED) is 0.671. The van der Waals surface area contributed by atoms with Crippen LogP contribution < -0.4 is 5.32 Å². The molecule has 5 nitrogen and oxygen atoms in total. The molecule has 2 amide bonds. The van der Waals surface area contributed by atoms with Crippen molar-refractivity contribution in [2.75, 3.05) is 26.2 Å². The number of halogens is 2. The first-order chi connectivity index (χ1) is 16.0. The van der Waals surface area contributed by atoms with Gasteiger partial charge in [-0.3, -0.25) is 14.5 Å². The summed E-state index contributed by atoms with van der Waals surface area (Å²) < 4.78 is 27.8. The first kappa shape index (κ1) is 22.8. The highest BCUT2D eigenvalue weighted by Gasteiger charge is 2.49. The van der Waals surface area contributed by atoms with Gasteiger partial charge in [-0.1, -0.05) is 0 Å². The van der Waals surface area contributed by atoms with Crippen molar-refractivity contribution < 1.29 is 18.4 Å². The Hall–Kier alpha value is -2.02. The molecule has 0 radical (unpaired) electrons. The van der Waals surface area contributed by atoms with Crippen LogP contribution in [0.15, 0.2) is 18.2 Å². The summed E-state index contributed by atoms with van der Waals surface area (Å²) >= 11 is 0. The molecule has 4 atom stereocenters. The van der Waals surface area contributed by atoms with Gasteiger partial charge in [0.25, 0.3) is 5.91 Å². The zero-order valence-corrected chi connectivity index (χ0v) is 19.3. The van der Waals surface area contributed by atoms with Gasteiger partial charge in [0.1, 0.15) is 11.6 Å². The zero-order chi connectivity index (χ0) is 22.9. The van der Waals surface area contributed by atoms with Crippen molar-refractivity contribution in [2.24, 2.45) is 17.8 Å². The Morgan fingerprint density at radius 2 is 1.73 bits per heavy atom. The first-order valence-electron chi connectivity index (χ1n) is 12.8. The normalized spacial score (nSPS) is 29.5. The minimum Gasteiger partial charge on any atom is -0.356 e. The molecule has 0 spiro atoms. The Bertz CT molecular complexity index is 868. The molecule has 1 saturated carbocycles. The predicted octanol–water partition coefficient (Wildman–Crippen LogP) is 3.98. The molecule has 4 fully saturated rings. The smallest absolute Gasteiger partial charge is 0.254 e. The molecule has 1 aromatic rings. The molecule has 180 valence electrons. The number of rotatable bonds is 7. The van der Waals surface area contributed by atoms with E-state index in [2.05, 4.69) is 10.2 Å². The van der Waals surface area contributed by atoms with Crippen molar-refractivity contribution in [2.45, 2.75) is 69.9 Å². The summed E-state index contributed by atoms with van der Waals surface area (Å²) in [6.45, 7) is 3.65. The van der Waals surface area contributed by atoms with E-state index in [0.29, 0.717) is 36.8 Å². The average Bonchev–Trinajstić information content (AvgIpc) is 3.62. The van der Waals surface area contributed by atoms with Gasteiger partial charge in [0.2, 0.25) is 5.91 Å². The van der Waals surface area contributed by atoms with Gasteiger partial charge in [-0.05, 0) is 94.3 Å². The topological polar surface area (TPSA) is 52.7 Å². The number of piperidine rings is 3. The fraction of sp³-hybridized carbons (Fsp3) is 0.692. The van der Waals surface area contributed by atoms with Crippen molar-refractivity contribution in [1.82, 2.24) is 15.1 Å². The molecular weight excluding hydrogens is 424 g/mol. The summed E-state index contributed by atoms with van der Waals surface area (Å²) in [6.07, 6.45) is 8.76. The maximum Gasteiger partial charge on any atom is 0.254 e. The number of hydrogen-bond donors (Lipinski definition) is 1. The van der Waals surface area contributed by atoms with Gasteiger partial charge >= 0.3 is 0 Å². The number of nitrogens with one attached hydrogen (secondary N) is 1. The Morgan fingerprint density at radius 3 is 2.45 bits per heavy atom. The van der Waals surface area contributed by atoms with E-state index in [9.17, 15) is 18.4 Å². The van der Waals surface area contributed by atoms with Crippen LogP contribution in [0.25, 0.3) is 0 Å². The molecule has 3 heterocycles. The standard InChI is InChI=1S/C26H35F2N3O2/c27-20-12-19(13-21(28)14-20)26(33)31-16-18-4-2-10-30-11-3-5-22(25(18)30)23(31)6-1-7-24(32)29-15-17-8-9-17/h12-14,17-18,22-23,25H,1-11,15-16H2,(H,29,32)/t18-,22+,23+,25-/m0/s1. The highest BCUT2D eigenvalue weighted by molar-refractivity contribution is 5.94. The van der Waals surface area contributed by atoms with Crippen molar-refractivity contribution in [3.63, 3.8) is 0 Å². The maximum absolute atomic E-state index is 13.9. The summed E-state index contributed by atoms with van der Waals surface area (Å²) in [6, 6.07) is 3.58. The van der Waals surface area contributed by atoms with Crippen LogP contribution in [0.2, 0.25) is 0 Å². The van der Waals surface area contributed by atoms with Crippen LogP contribution >= 0.6 is 0 Å². The summed E-state index contributed by atoms with van der Waals surface area (Å²) in [5, 5.41) is 3.03. The summed E-state index contributed by atoms with van der Waals surface area (Å²) in [5.41, 5.74) is 0.0848. The van der Waals surface area contributed by atoms with Crippen LogP contribution in [-0.4, -0.2) is 59.9 Å². The van der Waals surface area contributed by atoms with E-state index in [-0.39, 0.29) is 23.4 Å². The highest BCUT2D eigenvalue weighted by atomic mass is 19.1. The number of hydrogen-bond acceptors (Lipinski definition) is 3. The van der Waals surface area contributed by atoms with Crippen LogP contribution in [0.1, 0.15) is 68.1 Å². The van der Waals surface area contributed by atoms with Gasteiger partial charge in [-0.2, -0.15) is 0 Å². The second-order valence-electron chi connectivity index (χ2n) is 10.6. The molecule has 0 aromatic heterocycles. The second-order valence-corrected chi connectivity index (χ2v) is 10.6. The third-order valence-corrected chi connectivity index (χ3v) is 8.23. The van der Waals surface area contributed by atoms with Crippen LogP contribution in [0.4, 0.5) is 8.78 Å². The number of benzene rings is 1. The predicted molar refractivity (Wildman–Crippen MR) is 122 cm³/mol. The third-order valence-electron chi connectivity index (χ3n) is 8.23. The van der Waals surface area contributed by atoms with E-state index in [0.717, 1.165) is 76.4 Å². The lowest BCUT2D eigenvalue weighted by Gasteiger charge is -2.57. The van der Waals surface area contributed by atoms with Crippen LogP contribution in [0, 0.1) is 29.4 Å². The molecule has 7 heteroatoms. The van der Waals surface area contributed by atoms with Gasteiger partial charge in [0.05, 0.1) is 0 Å². The molecular formula is C26H35F2N3O2. The van der Waals surface area contributed by atoms with Gasteiger partial charge in [-0.15, -0.1) is 0 Å². The second kappa shape index (κ2) is 9.69. The van der Waals surface area contributed by atoms with Crippen molar-refractivity contribution in [1.29, 1.82) is 0 Å². The SMILES string of the molecule is O=C(CCC[C@@H]1[C@H]2CCCN3CCC[C@@H](CN1C(=O)c1cc(F)cc(F)c1)[C@@H]23)NCC1CC1. The van der Waals surface area contributed by atoms with E-state index in [4.69, 9.17) is 0 Å². The van der Waals surface area contributed by atoms with Crippen LogP contribution in [-0.2, 0) is 4.79 Å². The van der Waals surface area contributed by atoms with Gasteiger partial charge in [-0.25, -0.2) is 8.78 Å². The van der Waals surface area contributed by atoms with E-state index in [1.165, 1.54) is 12.8 Å². The van der Waals surface area contributed by atoms with Gasteiger partial charge in [0.15, 0.2) is 0 Å². The van der Waals surface area contributed by atoms with Crippen molar-refractivity contribution in [3.8, 4) is 0 Å². The Labute approximate surface area is 194 Å². The molecule has 3 aliphatic heterocycles. The number of carbonyl (C=O) groups excluding carboxylic acids is 2. The summed E-state index contributed by atoms with van der Waals surface area (Å²) in [5.74, 6) is -0.221. The van der Waals surface area contributed by atoms with Gasteiger partial charge < -0.3 is 10.2 Å². The monoisotopic (exact) mass is 459 g/mol. The minimum atomic E-state index is -0.723. The van der Waals surface area contributed by atoms with E-state index in [1.54, 1.807) is 0 Å². The zero-order valence-electron chi connectivity index (χ0n) is 19.3. The van der Waals surface area contributed by atoms with Crippen molar-refractivity contribution in [3.05, 3.63) is 35.4 Å². The molecule has 5 rings (SSSR count). The maximum atomic E-state index is 13.9.